The van der Waals surface area contributed by atoms with Crippen molar-refractivity contribution in [3.8, 4) is 0 Å². The lowest BCUT2D eigenvalue weighted by Crippen LogP contribution is -2.48. The van der Waals surface area contributed by atoms with Gasteiger partial charge in [0.05, 0.1) is 24.7 Å². The molecule has 27 heavy (non-hydrogen) atoms. The number of hydrogen-bond acceptors (Lipinski definition) is 6. The summed E-state index contributed by atoms with van der Waals surface area (Å²) in [5.74, 6) is 0.329. The fourth-order valence-electron chi connectivity index (χ4n) is 3.40. The molecule has 1 saturated carbocycles. The minimum atomic E-state index is -1.01. The summed E-state index contributed by atoms with van der Waals surface area (Å²) in [6.45, 7) is 2.74. The normalized spacial score (nSPS) is 22.6. The number of carboxylic acid groups (broad SMARTS) is 1. The van der Waals surface area contributed by atoms with E-state index in [2.05, 4.69) is 10.1 Å². The summed E-state index contributed by atoms with van der Waals surface area (Å²) in [6, 6.07) is 5.99. The van der Waals surface area contributed by atoms with E-state index in [1.165, 1.54) is 12.1 Å². The van der Waals surface area contributed by atoms with Gasteiger partial charge in [-0.25, -0.2) is 4.79 Å². The zero-order valence-electron chi connectivity index (χ0n) is 15.0. The van der Waals surface area contributed by atoms with Gasteiger partial charge in [0, 0.05) is 12.5 Å². The van der Waals surface area contributed by atoms with Gasteiger partial charge in [0.2, 0.25) is 5.91 Å². The van der Waals surface area contributed by atoms with E-state index in [-0.39, 0.29) is 24.0 Å². The highest BCUT2D eigenvalue weighted by atomic mass is 16.5. The van der Waals surface area contributed by atoms with Gasteiger partial charge in [-0.05, 0) is 37.5 Å². The first-order valence-electron chi connectivity index (χ1n) is 9.09. The van der Waals surface area contributed by atoms with Crippen molar-refractivity contribution in [2.45, 2.75) is 44.2 Å². The van der Waals surface area contributed by atoms with Crippen LogP contribution in [0.15, 0.2) is 28.8 Å². The molecule has 1 saturated heterocycles. The molecule has 4 rings (SSSR count). The number of carbonyl (C=O) groups excluding carboxylic acids is 1. The molecule has 2 fully saturated rings. The highest BCUT2D eigenvalue weighted by molar-refractivity contribution is 5.88. The van der Waals surface area contributed by atoms with Crippen LogP contribution in [0.5, 0.6) is 0 Å². The summed E-state index contributed by atoms with van der Waals surface area (Å²) in [4.78, 5) is 30.3. The van der Waals surface area contributed by atoms with Gasteiger partial charge < -0.3 is 19.3 Å². The first kappa shape index (κ1) is 17.7. The smallest absolute Gasteiger partial charge is 0.335 e. The van der Waals surface area contributed by atoms with E-state index in [1.54, 1.807) is 17.0 Å². The van der Waals surface area contributed by atoms with Crippen LogP contribution in [-0.4, -0.2) is 51.3 Å². The van der Waals surface area contributed by atoms with Gasteiger partial charge in [-0.2, -0.15) is 4.98 Å². The van der Waals surface area contributed by atoms with Crippen LogP contribution in [0, 0.1) is 0 Å². The van der Waals surface area contributed by atoms with Gasteiger partial charge >= 0.3 is 5.97 Å². The second kappa shape index (κ2) is 7.11. The van der Waals surface area contributed by atoms with E-state index in [1.807, 2.05) is 6.92 Å². The maximum atomic E-state index is 13.0. The molecule has 8 nitrogen and oxygen atoms in total. The van der Waals surface area contributed by atoms with Crippen LogP contribution in [0.2, 0.25) is 0 Å². The van der Waals surface area contributed by atoms with Gasteiger partial charge in [0.15, 0.2) is 5.82 Å². The number of aromatic nitrogens is 2. The minimum Gasteiger partial charge on any atom is -0.478 e. The van der Waals surface area contributed by atoms with E-state index in [0.29, 0.717) is 36.3 Å². The van der Waals surface area contributed by atoms with Crippen LogP contribution in [-0.2, 0) is 16.0 Å². The average Bonchev–Trinajstić information content (AvgIpc) is 3.39. The highest BCUT2D eigenvalue weighted by Crippen LogP contribution is 2.39. The first-order valence-corrected chi connectivity index (χ1v) is 9.09. The summed E-state index contributed by atoms with van der Waals surface area (Å²) in [7, 11) is 0. The Kier molecular flexibility index (Phi) is 4.65. The van der Waals surface area contributed by atoms with E-state index >= 15 is 0 Å². The molecule has 1 aliphatic heterocycles. The lowest BCUT2D eigenvalue weighted by atomic mass is 10.0. The van der Waals surface area contributed by atoms with Crippen LogP contribution in [0.3, 0.4) is 0 Å². The standard InChI is InChI=1S/C19H21N3O5/c1-11-16(18-20-17(21-27-18)13-5-6-13)22(7-8-26-11)15(23)10-12-3-2-4-14(9-12)19(24)25/h2-4,9,11,13,16H,5-8,10H2,1H3,(H,24,25)/t11-,16+/m1/s1. The number of ether oxygens (including phenoxy) is 1. The van der Waals surface area contributed by atoms with Gasteiger partial charge in [0.1, 0.15) is 6.04 Å². The Balaban J connectivity index is 1.54. The van der Waals surface area contributed by atoms with Crippen molar-refractivity contribution >= 4 is 11.9 Å². The molecule has 2 atom stereocenters. The second-order valence-corrected chi connectivity index (χ2v) is 7.06. The Hall–Kier alpha value is -2.74. The van der Waals surface area contributed by atoms with E-state index < -0.39 is 12.0 Å². The molecule has 1 amide bonds. The lowest BCUT2D eigenvalue weighted by Gasteiger charge is -2.37. The van der Waals surface area contributed by atoms with Crippen LogP contribution in [0.1, 0.15) is 59.4 Å². The highest BCUT2D eigenvalue weighted by Gasteiger charge is 2.39. The number of aromatic carboxylic acids is 1. The fourth-order valence-corrected chi connectivity index (χ4v) is 3.40. The van der Waals surface area contributed by atoms with E-state index in [9.17, 15) is 9.59 Å². The monoisotopic (exact) mass is 371 g/mol. The number of morpholine rings is 1. The zero-order valence-corrected chi connectivity index (χ0v) is 15.0. The predicted molar refractivity (Wildman–Crippen MR) is 93.2 cm³/mol. The molecule has 1 aromatic carbocycles. The molecular formula is C19H21N3O5. The molecule has 2 aromatic rings. The van der Waals surface area contributed by atoms with Crippen LogP contribution >= 0.6 is 0 Å². The lowest BCUT2D eigenvalue weighted by molar-refractivity contribution is -0.146. The van der Waals surface area contributed by atoms with Crippen LogP contribution < -0.4 is 0 Å². The van der Waals surface area contributed by atoms with Crippen molar-refractivity contribution in [3.05, 3.63) is 47.1 Å². The van der Waals surface area contributed by atoms with Crippen molar-refractivity contribution < 1.29 is 24.0 Å². The zero-order chi connectivity index (χ0) is 19.0. The average molecular weight is 371 g/mol. The molecular weight excluding hydrogens is 350 g/mol. The van der Waals surface area contributed by atoms with Crippen molar-refractivity contribution in [1.82, 2.24) is 15.0 Å². The molecule has 8 heteroatoms. The van der Waals surface area contributed by atoms with Gasteiger partial charge in [-0.3, -0.25) is 4.79 Å². The molecule has 142 valence electrons. The maximum Gasteiger partial charge on any atom is 0.335 e. The largest absolute Gasteiger partial charge is 0.478 e. The molecule has 0 unspecified atom stereocenters. The van der Waals surface area contributed by atoms with Gasteiger partial charge in [0.25, 0.3) is 5.89 Å². The van der Waals surface area contributed by atoms with Crippen molar-refractivity contribution in [2.75, 3.05) is 13.2 Å². The maximum absolute atomic E-state index is 13.0. The quantitative estimate of drug-likeness (QED) is 0.858. The third-order valence-electron chi connectivity index (χ3n) is 5.00. The number of carboxylic acids is 1. The van der Waals surface area contributed by atoms with Gasteiger partial charge in [-0.1, -0.05) is 17.3 Å². The number of amides is 1. The molecule has 2 heterocycles. The summed E-state index contributed by atoms with van der Waals surface area (Å²) < 4.78 is 11.2. The van der Waals surface area contributed by atoms with Crippen molar-refractivity contribution in [1.29, 1.82) is 0 Å². The number of rotatable bonds is 5. The summed E-state index contributed by atoms with van der Waals surface area (Å²) >= 11 is 0. The van der Waals surface area contributed by atoms with Crippen molar-refractivity contribution in [3.63, 3.8) is 0 Å². The van der Waals surface area contributed by atoms with Crippen LogP contribution in [0.4, 0.5) is 0 Å². The molecule has 1 N–H and O–H groups in total. The molecule has 1 aromatic heterocycles. The minimum absolute atomic E-state index is 0.105. The SMILES string of the molecule is C[C@H]1OCCN(C(=O)Cc2cccc(C(=O)O)c2)[C@@H]1c1nc(C2CC2)no1. The Morgan fingerprint density at radius 3 is 2.89 bits per heavy atom. The predicted octanol–water partition coefficient (Wildman–Crippen LogP) is 2.18. The Morgan fingerprint density at radius 1 is 1.33 bits per heavy atom. The number of benzene rings is 1. The molecule has 1 aliphatic carbocycles. The van der Waals surface area contributed by atoms with Crippen LogP contribution in [0.25, 0.3) is 0 Å². The Labute approximate surface area is 156 Å². The Bertz CT molecular complexity index is 861. The summed E-state index contributed by atoms with van der Waals surface area (Å²) in [5.41, 5.74) is 0.820. The number of carbonyl (C=O) groups is 2. The third-order valence-corrected chi connectivity index (χ3v) is 5.00. The fraction of sp³-hybridized carbons (Fsp3) is 0.474. The molecule has 0 radical (unpaired) electrons. The topological polar surface area (TPSA) is 106 Å². The third kappa shape index (κ3) is 3.71. The van der Waals surface area contributed by atoms with E-state index in [4.69, 9.17) is 14.4 Å². The van der Waals surface area contributed by atoms with Gasteiger partial charge in [-0.15, -0.1) is 0 Å². The second-order valence-electron chi connectivity index (χ2n) is 7.06. The molecule has 0 bridgehead atoms. The number of hydrogen-bond donors (Lipinski definition) is 1. The summed E-state index contributed by atoms with van der Waals surface area (Å²) in [5, 5.41) is 13.2. The number of nitrogens with zero attached hydrogens (tertiary/aromatic N) is 3. The first-order chi connectivity index (χ1) is 13.0. The molecule has 0 spiro atoms. The van der Waals surface area contributed by atoms with E-state index in [0.717, 1.165) is 12.8 Å². The van der Waals surface area contributed by atoms with Crippen molar-refractivity contribution in [2.24, 2.45) is 0 Å². The summed E-state index contributed by atoms with van der Waals surface area (Å²) in [6.07, 6.45) is 1.98. The molecule has 2 aliphatic rings. The Morgan fingerprint density at radius 2 is 2.15 bits per heavy atom.